The van der Waals surface area contributed by atoms with Crippen LogP contribution in [0.15, 0.2) is 48.8 Å². The van der Waals surface area contributed by atoms with Gasteiger partial charge in [-0.3, -0.25) is 4.79 Å². The normalized spacial score (nSPS) is 16.1. The number of nitrogens with one attached hydrogen (secondary N) is 1. The molecule has 0 radical (unpaired) electrons. The standard InChI is InChI=1S/C21H23ClN4O/c1-15(23-12-18-14-25-13-17(22)7-10-20(25)24-18)16-5-8-19(9-6-16)26-11-3-2-4-21(26)27/h5-10,13-15,23H,2-4,11-12H2,1H3. The lowest BCUT2D eigenvalue weighted by Gasteiger charge is -2.27. The summed E-state index contributed by atoms with van der Waals surface area (Å²) in [6.45, 7) is 3.63. The molecule has 0 aliphatic carbocycles. The molecule has 1 aliphatic heterocycles. The van der Waals surface area contributed by atoms with Crippen LogP contribution in [0, 0.1) is 0 Å². The molecule has 3 heterocycles. The van der Waals surface area contributed by atoms with Crippen LogP contribution in [0.25, 0.3) is 5.65 Å². The molecule has 27 heavy (non-hydrogen) atoms. The molecule has 1 aliphatic rings. The van der Waals surface area contributed by atoms with Gasteiger partial charge in [0.15, 0.2) is 0 Å². The number of anilines is 1. The molecule has 1 N–H and O–H groups in total. The number of halogens is 1. The van der Waals surface area contributed by atoms with Crippen molar-refractivity contribution in [2.75, 3.05) is 11.4 Å². The van der Waals surface area contributed by atoms with E-state index in [2.05, 4.69) is 29.4 Å². The molecule has 1 fully saturated rings. The highest BCUT2D eigenvalue weighted by molar-refractivity contribution is 6.30. The predicted molar refractivity (Wildman–Crippen MR) is 108 cm³/mol. The van der Waals surface area contributed by atoms with Crippen LogP contribution in [0.2, 0.25) is 5.02 Å². The average Bonchev–Trinajstić information content (AvgIpc) is 3.08. The van der Waals surface area contributed by atoms with Crippen molar-refractivity contribution in [1.29, 1.82) is 0 Å². The molecule has 140 valence electrons. The first-order chi connectivity index (χ1) is 13.1. The van der Waals surface area contributed by atoms with Crippen molar-refractivity contribution in [3.63, 3.8) is 0 Å². The molecule has 0 bridgehead atoms. The molecule has 1 unspecified atom stereocenters. The van der Waals surface area contributed by atoms with Gasteiger partial charge in [-0.15, -0.1) is 0 Å². The second-order valence-electron chi connectivity index (χ2n) is 7.04. The first-order valence-corrected chi connectivity index (χ1v) is 9.75. The van der Waals surface area contributed by atoms with E-state index in [4.69, 9.17) is 11.6 Å². The Hall–Kier alpha value is -2.37. The highest BCUT2D eigenvalue weighted by Gasteiger charge is 2.19. The molecule has 2 aromatic heterocycles. The molecular formula is C21H23ClN4O. The van der Waals surface area contributed by atoms with Crippen LogP contribution in [0.4, 0.5) is 5.69 Å². The molecule has 1 aromatic carbocycles. The molecule has 3 aromatic rings. The summed E-state index contributed by atoms with van der Waals surface area (Å²) in [5.74, 6) is 0.229. The monoisotopic (exact) mass is 382 g/mol. The Kier molecular flexibility index (Phi) is 5.14. The van der Waals surface area contributed by atoms with Gasteiger partial charge < -0.3 is 14.6 Å². The maximum atomic E-state index is 12.1. The number of carbonyl (C=O) groups is 1. The van der Waals surface area contributed by atoms with Crippen LogP contribution in [-0.2, 0) is 11.3 Å². The summed E-state index contributed by atoms with van der Waals surface area (Å²) < 4.78 is 1.94. The third-order valence-electron chi connectivity index (χ3n) is 5.08. The lowest BCUT2D eigenvalue weighted by molar-refractivity contribution is -0.119. The number of aromatic nitrogens is 2. The highest BCUT2D eigenvalue weighted by Crippen LogP contribution is 2.23. The number of fused-ring (bicyclic) bond motifs is 1. The molecule has 5 nitrogen and oxygen atoms in total. The fraction of sp³-hybridized carbons (Fsp3) is 0.333. The topological polar surface area (TPSA) is 49.6 Å². The van der Waals surface area contributed by atoms with Gasteiger partial charge in [0.1, 0.15) is 5.65 Å². The third-order valence-corrected chi connectivity index (χ3v) is 5.31. The van der Waals surface area contributed by atoms with E-state index in [1.54, 1.807) is 0 Å². The minimum atomic E-state index is 0.185. The highest BCUT2D eigenvalue weighted by atomic mass is 35.5. The Bertz CT molecular complexity index is 950. The van der Waals surface area contributed by atoms with E-state index in [1.165, 1.54) is 5.56 Å². The minimum Gasteiger partial charge on any atom is -0.312 e. The fourth-order valence-electron chi connectivity index (χ4n) is 3.50. The molecule has 4 rings (SSSR count). The Morgan fingerprint density at radius 3 is 2.74 bits per heavy atom. The summed E-state index contributed by atoms with van der Waals surface area (Å²) >= 11 is 6.02. The number of nitrogens with zero attached hydrogens (tertiary/aromatic N) is 3. The van der Waals surface area contributed by atoms with Crippen LogP contribution < -0.4 is 10.2 Å². The number of pyridine rings is 1. The summed E-state index contributed by atoms with van der Waals surface area (Å²) in [6, 6.07) is 12.2. The smallest absolute Gasteiger partial charge is 0.226 e. The summed E-state index contributed by atoms with van der Waals surface area (Å²) in [7, 11) is 0. The van der Waals surface area contributed by atoms with E-state index in [0.717, 1.165) is 36.4 Å². The first kappa shape index (κ1) is 18.0. The molecule has 6 heteroatoms. The Balaban J connectivity index is 1.40. The van der Waals surface area contributed by atoms with Gasteiger partial charge in [0.25, 0.3) is 0 Å². The van der Waals surface area contributed by atoms with Gasteiger partial charge in [-0.05, 0) is 49.6 Å². The van der Waals surface area contributed by atoms with Crippen LogP contribution in [-0.4, -0.2) is 21.8 Å². The maximum Gasteiger partial charge on any atom is 0.226 e. The number of amides is 1. The van der Waals surface area contributed by atoms with Crippen molar-refractivity contribution >= 4 is 28.8 Å². The summed E-state index contributed by atoms with van der Waals surface area (Å²) in [5.41, 5.74) is 4.04. The number of piperidine rings is 1. The molecule has 1 atom stereocenters. The number of hydrogen-bond acceptors (Lipinski definition) is 3. The largest absolute Gasteiger partial charge is 0.312 e. The van der Waals surface area contributed by atoms with Crippen molar-refractivity contribution in [3.05, 3.63) is 65.1 Å². The third kappa shape index (κ3) is 3.99. The average molecular weight is 383 g/mol. The minimum absolute atomic E-state index is 0.185. The van der Waals surface area contributed by atoms with E-state index >= 15 is 0 Å². The molecular weight excluding hydrogens is 360 g/mol. The van der Waals surface area contributed by atoms with Gasteiger partial charge in [0.05, 0.1) is 10.7 Å². The van der Waals surface area contributed by atoms with Gasteiger partial charge in [0, 0.05) is 43.6 Å². The van der Waals surface area contributed by atoms with Crippen molar-refractivity contribution < 1.29 is 4.79 Å². The predicted octanol–water partition coefficient (Wildman–Crippen LogP) is 4.36. The van der Waals surface area contributed by atoms with Gasteiger partial charge >= 0.3 is 0 Å². The zero-order valence-corrected chi connectivity index (χ0v) is 16.1. The van der Waals surface area contributed by atoms with E-state index < -0.39 is 0 Å². The van der Waals surface area contributed by atoms with Gasteiger partial charge in [-0.1, -0.05) is 23.7 Å². The number of carbonyl (C=O) groups excluding carboxylic acids is 1. The number of imidazole rings is 1. The number of benzene rings is 1. The Labute approximate surface area is 164 Å². The first-order valence-electron chi connectivity index (χ1n) is 9.37. The zero-order valence-electron chi connectivity index (χ0n) is 15.4. The van der Waals surface area contributed by atoms with E-state index in [1.807, 2.05) is 46.0 Å². The number of hydrogen-bond donors (Lipinski definition) is 1. The van der Waals surface area contributed by atoms with Crippen LogP contribution in [0.1, 0.15) is 43.5 Å². The molecule has 0 spiro atoms. The lowest BCUT2D eigenvalue weighted by atomic mass is 10.1. The van der Waals surface area contributed by atoms with E-state index in [-0.39, 0.29) is 11.9 Å². The van der Waals surface area contributed by atoms with E-state index in [0.29, 0.717) is 18.0 Å². The van der Waals surface area contributed by atoms with Gasteiger partial charge in [-0.25, -0.2) is 4.98 Å². The van der Waals surface area contributed by atoms with Crippen LogP contribution in [0.3, 0.4) is 0 Å². The lowest BCUT2D eigenvalue weighted by Crippen LogP contribution is -2.35. The Morgan fingerprint density at radius 1 is 1.15 bits per heavy atom. The van der Waals surface area contributed by atoms with Gasteiger partial charge in [0.2, 0.25) is 5.91 Å². The van der Waals surface area contributed by atoms with Crippen molar-refractivity contribution in [1.82, 2.24) is 14.7 Å². The van der Waals surface area contributed by atoms with Crippen molar-refractivity contribution in [2.24, 2.45) is 0 Å². The quantitative estimate of drug-likeness (QED) is 0.713. The summed E-state index contributed by atoms with van der Waals surface area (Å²) in [4.78, 5) is 18.6. The van der Waals surface area contributed by atoms with Crippen molar-refractivity contribution in [3.8, 4) is 0 Å². The summed E-state index contributed by atoms with van der Waals surface area (Å²) in [5, 5.41) is 4.20. The van der Waals surface area contributed by atoms with Crippen molar-refractivity contribution in [2.45, 2.75) is 38.8 Å². The second kappa shape index (κ2) is 7.71. The van der Waals surface area contributed by atoms with Crippen LogP contribution >= 0.6 is 11.6 Å². The maximum absolute atomic E-state index is 12.1. The zero-order chi connectivity index (χ0) is 18.8. The second-order valence-corrected chi connectivity index (χ2v) is 7.48. The Morgan fingerprint density at radius 2 is 1.96 bits per heavy atom. The van der Waals surface area contributed by atoms with Crippen LogP contribution in [0.5, 0.6) is 0 Å². The molecule has 1 saturated heterocycles. The summed E-state index contributed by atoms with van der Waals surface area (Å²) in [6.07, 6.45) is 6.59. The SMILES string of the molecule is CC(NCc1cn2cc(Cl)ccc2n1)c1ccc(N2CCCCC2=O)cc1. The van der Waals surface area contributed by atoms with Gasteiger partial charge in [-0.2, -0.15) is 0 Å². The van der Waals surface area contributed by atoms with E-state index in [9.17, 15) is 4.79 Å². The fourth-order valence-corrected chi connectivity index (χ4v) is 3.67. The number of rotatable bonds is 5. The molecule has 0 saturated carbocycles. The molecule has 1 amide bonds.